The number of rotatable bonds is 7. The maximum absolute atomic E-state index is 13.6. The summed E-state index contributed by atoms with van der Waals surface area (Å²) < 4.78 is 18.0. The summed E-state index contributed by atoms with van der Waals surface area (Å²) in [5, 5.41) is 1.93. The monoisotopic (exact) mass is 510 g/mol. The molecule has 4 rings (SSSR count). The van der Waals surface area contributed by atoms with E-state index in [0.717, 1.165) is 4.88 Å². The second-order valence-electron chi connectivity index (χ2n) is 7.49. The lowest BCUT2D eigenvalue weighted by molar-refractivity contribution is -0.138. The number of methoxy groups -OCH3 is 1. The summed E-state index contributed by atoms with van der Waals surface area (Å²) in [7, 11) is 1.44. The van der Waals surface area contributed by atoms with Gasteiger partial charge in [-0.2, -0.15) is 0 Å². The number of benzene rings is 1. The highest BCUT2D eigenvalue weighted by atomic mass is 32.1. The van der Waals surface area contributed by atoms with Gasteiger partial charge in [0.15, 0.2) is 16.3 Å². The van der Waals surface area contributed by atoms with Crippen LogP contribution in [0.5, 0.6) is 11.5 Å². The molecule has 8 nitrogen and oxygen atoms in total. The van der Waals surface area contributed by atoms with Crippen molar-refractivity contribution >= 4 is 40.7 Å². The molecule has 0 spiro atoms. The van der Waals surface area contributed by atoms with Crippen molar-refractivity contribution in [2.24, 2.45) is 4.99 Å². The van der Waals surface area contributed by atoms with Crippen molar-refractivity contribution in [1.29, 1.82) is 0 Å². The predicted octanol–water partition coefficient (Wildman–Crippen LogP) is 2.96. The van der Waals surface area contributed by atoms with Gasteiger partial charge in [-0.1, -0.05) is 36.1 Å². The summed E-state index contributed by atoms with van der Waals surface area (Å²) >= 11 is 2.76. The number of nitrogens with zero attached hydrogens (tertiary/aromatic N) is 2. The fraction of sp³-hybridized carbons (Fsp3) is 0.200. The third-order valence-electron chi connectivity index (χ3n) is 5.15. The summed E-state index contributed by atoms with van der Waals surface area (Å²) in [5.41, 5.74) is 0.957. The van der Waals surface area contributed by atoms with Gasteiger partial charge in [-0.3, -0.25) is 14.2 Å². The summed E-state index contributed by atoms with van der Waals surface area (Å²) in [4.78, 5) is 44.1. The summed E-state index contributed by atoms with van der Waals surface area (Å²) in [5.74, 6) is -0.592. The zero-order valence-electron chi connectivity index (χ0n) is 19.3. The summed E-state index contributed by atoms with van der Waals surface area (Å²) in [6, 6.07) is 7.89. The number of hydrogen-bond acceptors (Lipinski definition) is 9. The van der Waals surface area contributed by atoms with Crippen LogP contribution in [0.25, 0.3) is 6.08 Å². The van der Waals surface area contributed by atoms with E-state index in [-0.39, 0.29) is 29.2 Å². The van der Waals surface area contributed by atoms with Crippen molar-refractivity contribution < 1.29 is 23.8 Å². The minimum absolute atomic E-state index is 0.0137. The van der Waals surface area contributed by atoms with E-state index in [0.29, 0.717) is 20.6 Å². The Hall–Kier alpha value is -3.76. The van der Waals surface area contributed by atoms with Crippen LogP contribution in [0.15, 0.2) is 69.4 Å². The van der Waals surface area contributed by atoms with Crippen LogP contribution in [0.1, 0.15) is 30.3 Å². The first kappa shape index (κ1) is 24.4. The lowest BCUT2D eigenvalue weighted by atomic mass is 9.95. The van der Waals surface area contributed by atoms with E-state index in [1.165, 1.54) is 47.4 Å². The maximum atomic E-state index is 13.6. The number of fused-ring (bicyclic) bond motifs is 1. The molecule has 0 fully saturated rings. The number of hydrogen-bond donors (Lipinski definition) is 0. The van der Waals surface area contributed by atoms with Gasteiger partial charge in [0, 0.05) is 11.8 Å². The molecular formula is C25H22N2O6S2. The second-order valence-corrected chi connectivity index (χ2v) is 9.48. The van der Waals surface area contributed by atoms with Crippen LogP contribution < -0.4 is 24.4 Å². The van der Waals surface area contributed by atoms with Crippen LogP contribution >= 0.6 is 22.7 Å². The Morgan fingerprint density at radius 3 is 2.71 bits per heavy atom. The smallest absolute Gasteiger partial charge is 0.338 e. The minimum atomic E-state index is -0.825. The lowest BCUT2D eigenvalue weighted by Crippen LogP contribution is -2.40. The molecule has 1 unspecified atom stereocenters. The van der Waals surface area contributed by atoms with Crippen LogP contribution in [0, 0.1) is 0 Å². The van der Waals surface area contributed by atoms with E-state index in [9.17, 15) is 14.4 Å². The molecule has 1 aliphatic heterocycles. The van der Waals surface area contributed by atoms with Gasteiger partial charge >= 0.3 is 11.9 Å². The molecule has 0 radical (unpaired) electrons. The van der Waals surface area contributed by atoms with Crippen LogP contribution in [0.3, 0.4) is 0 Å². The largest absolute Gasteiger partial charge is 0.493 e. The molecule has 0 saturated carbocycles. The van der Waals surface area contributed by atoms with Gasteiger partial charge in [0.05, 0.1) is 29.0 Å². The van der Waals surface area contributed by atoms with Gasteiger partial charge < -0.3 is 14.2 Å². The number of allylic oxidation sites excluding steroid dienone is 1. The zero-order valence-corrected chi connectivity index (χ0v) is 20.9. The first-order chi connectivity index (χ1) is 16.8. The quantitative estimate of drug-likeness (QED) is 0.276. The molecule has 2 aromatic heterocycles. The highest BCUT2D eigenvalue weighted by Crippen LogP contribution is 2.36. The van der Waals surface area contributed by atoms with Gasteiger partial charge in [0.1, 0.15) is 6.61 Å². The molecule has 35 heavy (non-hydrogen) atoms. The van der Waals surface area contributed by atoms with Crippen molar-refractivity contribution in [3.8, 4) is 11.5 Å². The molecule has 0 aliphatic carbocycles. The van der Waals surface area contributed by atoms with Crippen LogP contribution in [0.2, 0.25) is 0 Å². The molecule has 0 N–H and O–H groups in total. The van der Waals surface area contributed by atoms with E-state index in [1.54, 1.807) is 25.1 Å². The fourth-order valence-electron chi connectivity index (χ4n) is 3.71. The third-order valence-corrected chi connectivity index (χ3v) is 6.95. The molecule has 1 atom stereocenters. The number of esters is 2. The van der Waals surface area contributed by atoms with Crippen LogP contribution in [-0.2, 0) is 14.3 Å². The highest BCUT2D eigenvalue weighted by molar-refractivity contribution is 7.11. The topological polar surface area (TPSA) is 96.2 Å². The Kier molecular flexibility index (Phi) is 7.13. The number of carbonyl (C=O) groups is 2. The second kappa shape index (κ2) is 10.2. The molecule has 1 aromatic carbocycles. The maximum Gasteiger partial charge on any atom is 0.338 e. The van der Waals surface area contributed by atoms with Crippen LogP contribution in [-0.4, -0.2) is 30.2 Å². The average molecular weight is 511 g/mol. The Balaban J connectivity index is 1.94. The van der Waals surface area contributed by atoms with E-state index in [1.807, 2.05) is 23.6 Å². The Labute approximate surface area is 208 Å². The zero-order chi connectivity index (χ0) is 25.1. The summed E-state index contributed by atoms with van der Waals surface area (Å²) in [6.45, 7) is 6.60. The Bertz CT molecular complexity index is 1510. The van der Waals surface area contributed by atoms with Gasteiger partial charge in [-0.05, 0) is 42.1 Å². The van der Waals surface area contributed by atoms with Gasteiger partial charge in [0.25, 0.3) is 5.56 Å². The average Bonchev–Trinajstić information content (AvgIpc) is 3.44. The van der Waals surface area contributed by atoms with Crippen molar-refractivity contribution in [3.63, 3.8) is 0 Å². The Morgan fingerprint density at radius 2 is 2.06 bits per heavy atom. The van der Waals surface area contributed by atoms with Crippen molar-refractivity contribution in [1.82, 2.24) is 4.57 Å². The standard InChI is InChI=1S/C25H22N2O6S2/c1-5-10-32-24(30)21-14(2)26-25-27(23(29)20(35-25)13-17-7-6-11-34-17)22(21)16-8-9-18(33-15(3)28)19(12-16)31-4/h5-9,11-13,22H,1,10H2,2-4H3. The normalized spacial score (nSPS) is 15.3. The van der Waals surface area contributed by atoms with Crippen molar-refractivity contribution in [2.75, 3.05) is 13.7 Å². The predicted molar refractivity (Wildman–Crippen MR) is 134 cm³/mol. The molecule has 10 heteroatoms. The number of ether oxygens (including phenoxy) is 3. The molecule has 180 valence electrons. The molecule has 0 amide bonds. The molecular weight excluding hydrogens is 488 g/mol. The van der Waals surface area contributed by atoms with Gasteiger partial charge in [-0.15, -0.1) is 11.3 Å². The molecule has 3 heterocycles. The first-order valence-corrected chi connectivity index (χ1v) is 12.2. The molecule has 1 aliphatic rings. The molecule has 0 saturated heterocycles. The van der Waals surface area contributed by atoms with Gasteiger partial charge in [-0.25, -0.2) is 9.79 Å². The third kappa shape index (κ3) is 4.89. The van der Waals surface area contributed by atoms with E-state index in [4.69, 9.17) is 14.2 Å². The van der Waals surface area contributed by atoms with E-state index < -0.39 is 18.0 Å². The first-order valence-electron chi connectivity index (χ1n) is 10.5. The highest BCUT2D eigenvalue weighted by Gasteiger charge is 2.34. The van der Waals surface area contributed by atoms with Gasteiger partial charge in [0.2, 0.25) is 0 Å². The minimum Gasteiger partial charge on any atom is -0.493 e. The SMILES string of the molecule is C=CCOC(=O)C1=C(C)N=c2sc(=Cc3cccs3)c(=O)n2C1c1ccc(OC(C)=O)c(OC)c1. The van der Waals surface area contributed by atoms with Crippen molar-refractivity contribution in [3.05, 3.63) is 89.8 Å². The molecule has 0 bridgehead atoms. The number of carbonyl (C=O) groups excluding carboxylic acids is 2. The number of aromatic nitrogens is 1. The van der Waals surface area contributed by atoms with Crippen LogP contribution in [0.4, 0.5) is 0 Å². The summed E-state index contributed by atoms with van der Waals surface area (Å²) in [6.07, 6.45) is 3.28. The number of thiazole rings is 1. The lowest BCUT2D eigenvalue weighted by Gasteiger charge is -2.25. The van der Waals surface area contributed by atoms with E-state index >= 15 is 0 Å². The Morgan fingerprint density at radius 1 is 1.26 bits per heavy atom. The fourth-order valence-corrected chi connectivity index (χ4v) is 5.48. The van der Waals surface area contributed by atoms with E-state index in [2.05, 4.69) is 11.6 Å². The van der Waals surface area contributed by atoms with Crippen molar-refractivity contribution in [2.45, 2.75) is 19.9 Å². The number of thiophene rings is 1. The molecule has 3 aromatic rings.